The molecule has 0 aliphatic heterocycles. The smallest absolute Gasteiger partial charge is 0.251 e. The maximum Gasteiger partial charge on any atom is 0.251 e. The maximum atomic E-state index is 12.8. The van der Waals surface area contributed by atoms with Crippen LogP contribution in [-0.2, 0) is 23.1 Å². The molecule has 0 atom stereocenters. The van der Waals surface area contributed by atoms with Gasteiger partial charge in [0.15, 0.2) is 0 Å². The van der Waals surface area contributed by atoms with Gasteiger partial charge in [-0.2, -0.15) is 5.10 Å². The Kier molecular flexibility index (Phi) is 7.20. The molecule has 0 fully saturated rings. The zero-order valence-corrected chi connectivity index (χ0v) is 19.6. The number of amides is 1. The van der Waals surface area contributed by atoms with Crippen LogP contribution in [0.3, 0.4) is 0 Å². The zero-order valence-electron chi connectivity index (χ0n) is 18.8. The number of nitrogens with one attached hydrogen (secondary N) is 2. The molecule has 8 heteroatoms. The Bertz CT molecular complexity index is 1370. The third kappa shape index (κ3) is 5.59. The minimum atomic E-state index is -3.63. The van der Waals surface area contributed by atoms with Crippen molar-refractivity contribution < 1.29 is 13.2 Å². The number of aromatic nitrogens is 2. The van der Waals surface area contributed by atoms with Crippen LogP contribution < -0.4 is 10.0 Å². The van der Waals surface area contributed by atoms with E-state index >= 15 is 0 Å². The molecule has 0 aliphatic rings. The second-order valence-corrected chi connectivity index (χ2v) is 9.54. The standard InChI is InChI=1S/C26H26N4O3S/c1-2-29-34(32,33)24-9-5-8-22(17-24)26(31)27-18-23-7-3-4-10-25(23)21-13-11-20(12-14-21)19-30-16-6-15-28-30/h3-17,29H,2,18-19H2,1H3,(H,27,31). The van der Waals surface area contributed by atoms with Gasteiger partial charge in [-0.25, -0.2) is 13.1 Å². The lowest BCUT2D eigenvalue weighted by atomic mass is 9.98. The third-order valence-electron chi connectivity index (χ3n) is 5.37. The third-order valence-corrected chi connectivity index (χ3v) is 6.91. The first-order valence-corrected chi connectivity index (χ1v) is 12.5. The van der Waals surface area contributed by atoms with E-state index in [2.05, 4.69) is 39.4 Å². The number of hydrogen-bond donors (Lipinski definition) is 2. The quantitative estimate of drug-likeness (QED) is 0.386. The second kappa shape index (κ2) is 10.5. The summed E-state index contributed by atoms with van der Waals surface area (Å²) in [6, 6.07) is 24.1. The van der Waals surface area contributed by atoms with Gasteiger partial charge in [0, 0.05) is 31.0 Å². The molecular formula is C26H26N4O3S. The minimum absolute atomic E-state index is 0.0672. The van der Waals surface area contributed by atoms with Crippen molar-refractivity contribution in [2.45, 2.75) is 24.9 Å². The highest BCUT2D eigenvalue weighted by molar-refractivity contribution is 7.89. The van der Waals surface area contributed by atoms with Gasteiger partial charge >= 0.3 is 0 Å². The zero-order chi connectivity index (χ0) is 24.0. The molecule has 0 radical (unpaired) electrons. The molecular weight excluding hydrogens is 448 g/mol. The largest absolute Gasteiger partial charge is 0.348 e. The molecule has 0 bridgehead atoms. The molecule has 1 amide bonds. The summed E-state index contributed by atoms with van der Waals surface area (Å²) in [6.45, 7) is 3.00. The number of carbonyl (C=O) groups is 1. The van der Waals surface area contributed by atoms with Crippen LogP contribution in [0.25, 0.3) is 11.1 Å². The highest BCUT2D eigenvalue weighted by Crippen LogP contribution is 2.24. The van der Waals surface area contributed by atoms with E-state index in [0.29, 0.717) is 18.7 Å². The molecule has 0 saturated heterocycles. The summed E-state index contributed by atoms with van der Waals surface area (Å²) < 4.78 is 28.8. The van der Waals surface area contributed by atoms with Crippen molar-refractivity contribution in [1.82, 2.24) is 19.8 Å². The van der Waals surface area contributed by atoms with Crippen LogP contribution in [0.4, 0.5) is 0 Å². The van der Waals surface area contributed by atoms with Crippen LogP contribution >= 0.6 is 0 Å². The molecule has 0 aliphatic carbocycles. The normalized spacial score (nSPS) is 11.3. The van der Waals surface area contributed by atoms with Crippen molar-refractivity contribution in [3.63, 3.8) is 0 Å². The van der Waals surface area contributed by atoms with E-state index < -0.39 is 10.0 Å². The number of carbonyl (C=O) groups excluding carboxylic acids is 1. The van der Waals surface area contributed by atoms with Gasteiger partial charge < -0.3 is 5.32 Å². The number of hydrogen-bond acceptors (Lipinski definition) is 4. The van der Waals surface area contributed by atoms with Gasteiger partial charge in [-0.3, -0.25) is 9.48 Å². The molecule has 2 N–H and O–H groups in total. The van der Waals surface area contributed by atoms with E-state index in [1.807, 2.05) is 41.2 Å². The molecule has 3 aromatic carbocycles. The van der Waals surface area contributed by atoms with Crippen LogP contribution in [0.5, 0.6) is 0 Å². The summed E-state index contributed by atoms with van der Waals surface area (Å²) >= 11 is 0. The molecule has 1 aromatic heterocycles. The Morgan fingerprint density at radius 2 is 1.76 bits per heavy atom. The molecule has 4 rings (SSSR count). The summed E-state index contributed by atoms with van der Waals surface area (Å²) in [7, 11) is -3.63. The van der Waals surface area contributed by atoms with Crippen molar-refractivity contribution in [2.75, 3.05) is 6.54 Å². The van der Waals surface area contributed by atoms with Gasteiger partial charge in [-0.05, 0) is 46.5 Å². The average molecular weight is 475 g/mol. The first-order chi connectivity index (χ1) is 16.5. The van der Waals surface area contributed by atoms with Crippen molar-refractivity contribution in [3.05, 3.63) is 108 Å². The lowest BCUT2D eigenvalue weighted by Crippen LogP contribution is -2.25. The Labute approximate surface area is 199 Å². The minimum Gasteiger partial charge on any atom is -0.348 e. The van der Waals surface area contributed by atoms with E-state index in [4.69, 9.17) is 0 Å². The monoisotopic (exact) mass is 474 g/mol. The molecule has 0 saturated carbocycles. The summed E-state index contributed by atoms with van der Waals surface area (Å²) in [6.07, 6.45) is 3.69. The molecule has 7 nitrogen and oxygen atoms in total. The Morgan fingerprint density at radius 1 is 0.971 bits per heavy atom. The highest BCUT2D eigenvalue weighted by atomic mass is 32.2. The first kappa shape index (κ1) is 23.4. The van der Waals surface area contributed by atoms with E-state index in [9.17, 15) is 13.2 Å². The summed E-state index contributed by atoms with van der Waals surface area (Å²) in [4.78, 5) is 12.8. The number of nitrogens with zero attached hydrogens (tertiary/aromatic N) is 2. The fraction of sp³-hybridized carbons (Fsp3) is 0.154. The fourth-order valence-electron chi connectivity index (χ4n) is 3.68. The fourth-order valence-corrected chi connectivity index (χ4v) is 4.77. The van der Waals surface area contributed by atoms with Gasteiger partial charge in [0.1, 0.15) is 0 Å². The Balaban J connectivity index is 1.47. The molecule has 1 heterocycles. The topological polar surface area (TPSA) is 93.1 Å². The maximum absolute atomic E-state index is 12.8. The van der Waals surface area contributed by atoms with Crippen LogP contribution in [0.15, 0.2) is 96.2 Å². The van der Waals surface area contributed by atoms with Gasteiger partial charge in [0.2, 0.25) is 10.0 Å². The Hall–Kier alpha value is -3.75. The van der Waals surface area contributed by atoms with Crippen LogP contribution in [0, 0.1) is 0 Å². The summed E-state index contributed by atoms with van der Waals surface area (Å²) in [5.41, 5.74) is 4.47. The summed E-state index contributed by atoms with van der Waals surface area (Å²) in [5, 5.41) is 7.15. The Morgan fingerprint density at radius 3 is 2.50 bits per heavy atom. The number of benzene rings is 3. The van der Waals surface area contributed by atoms with Crippen molar-refractivity contribution in [1.29, 1.82) is 0 Å². The van der Waals surface area contributed by atoms with E-state index in [0.717, 1.165) is 22.3 Å². The SMILES string of the molecule is CCNS(=O)(=O)c1cccc(C(=O)NCc2ccccc2-c2ccc(Cn3cccn3)cc2)c1. The molecule has 4 aromatic rings. The average Bonchev–Trinajstić information content (AvgIpc) is 3.36. The van der Waals surface area contributed by atoms with Gasteiger partial charge in [-0.1, -0.05) is 61.5 Å². The van der Waals surface area contributed by atoms with Gasteiger partial charge in [0.05, 0.1) is 11.4 Å². The van der Waals surface area contributed by atoms with E-state index in [-0.39, 0.29) is 17.3 Å². The van der Waals surface area contributed by atoms with Gasteiger partial charge in [-0.15, -0.1) is 0 Å². The van der Waals surface area contributed by atoms with Crippen molar-refractivity contribution >= 4 is 15.9 Å². The predicted molar refractivity (Wildman–Crippen MR) is 132 cm³/mol. The number of sulfonamides is 1. The lowest BCUT2D eigenvalue weighted by Gasteiger charge is -2.12. The van der Waals surface area contributed by atoms with Crippen molar-refractivity contribution in [2.24, 2.45) is 0 Å². The molecule has 0 unspecified atom stereocenters. The van der Waals surface area contributed by atoms with Crippen LogP contribution in [0.1, 0.15) is 28.4 Å². The van der Waals surface area contributed by atoms with Crippen LogP contribution in [0.2, 0.25) is 0 Å². The molecule has 0 spiro atoms. The molecule has 34 heavy (non-hydrogen) atoms. The second-order valence-electron chi connectivity index (χ2n) is 7.77. The van der Waals surface area contributed by atoms with E-state index in [1.54, 1.807) is 25.3 Å². The highest BCUT2D eigenvalue weighted by Gasteiger charge is 2.15. The van der Waals surface area contributed by atoms with Crippen LogP contribution in [-0.4, -0.2) is 30.7 Å². The first-order valence-electron chi connectivity index (χ1n) is 11.0. The number of rotatable bonds is 9. The van der Waals surface area contributed by atoms with Gasteiger partial charge in [0.25, 0.3) is 5.91 Å². The lowest BCUT2D eigenvalue weighted by molar-refractivity contribution is 0.0950. The summed E-state index contributed by atoms with van der Waals surface area (Å²) in [5.74, 6) is -0.335. The van der Waals surface area contributed by atoms with Crippen molar-refractivity contribution in [3.8, 4) is 11.1 Å². The van der Waals surface area contributed by atoms with E-state index in [1.165, 1.54) is 12.1 Å². The molecule has 174 valence electrons. The predicted octanol–water partition coefficient (Wildman–Crippen LogP) is 3.83.